The Morgan fingerprint density at radius 1 is 1.17 bits per heavy atom. The van der Waals surface area contributed by atoms with E-state index >= 15 is 0 Å². The van der Waals surface area contributed by atoms with Gasteiger partial charge in [-0.3, -0.25) is 9.36 Å². The van der Waals surface area contributed by atoms with Gasteiger partial charge in [0.25, 0.3) is 5.91 Å². The Hall–Kier alpha value is -3.71. The molecule has 2 aliphatic heterocycles. The lowest BCUT2D eigenvalue weighted by atomic mass is 10.0. The van der Waals surface area contributed by atoms with E-state index in [9.17, 15) is 15.2 Å². The van der Waals surface area contributed by atoms with Crippen LogP contribution >= 0.6 is 0 Å². The second kappa shape index (κ2) is 8.50. The number of carbonyl (C=O) groups is 1. The third-order valence-electron chi connectivity index (χ3n) is 6.90. The second-order valence-electron chi connectivity index (χ2n) is 10.0. The van der Waals surface area contributed by atoms with Gasteiger partial charge in [0.2, 0.25) is 0 Å². The van der Waals surface area contributed by atoms with Crippen LogP contribution < -0.4 is 9.80 Å². The molecule has 2 atom stereocenters. The van der Waals surface area contributed by atoms with Crippen LogP contribution in [0.1, 0.15) is 39.7 Å². The monoisotopic (exact) mass is 474 g/mol. The molecule has 2 fully saturated rings. The molecular formula is C25H30N8O2. The number of anilines is 2. The number of nitriles is 1. The SMILES string of the molecule is C[C@@H]1CN(C(=O)C(C)(C)O)[C@@H](C)CN1c1ncnc2c1c(N1CCC1)cn2-c1cc(C#N)ccn1. The van der Waals surface area contributed by atoms with Crippen LogP contribution in [0, 0.1) is 11.3 Å². The molecule has 2 aliphatic rings. The molecule has 3 aromatic heterocycles. The Morgan fingerprint density at radius 3 is 2.60 bits per heavy atom. The summed E-state index contributed by atoms with van der Waals surface area (Å²) in [4.78, 5) is 33.0. The smallest absolute Gasteiger partial charge is 0.254 e. The Labute approximate surface area is 204 Å². The number of pyridine rings is 1. The first-order valence-corrected chi connectivity index (χ1v) is 12.0. The van der Waals surface area contributed by atoms with Crippen LogP contribution in [0.2, 0.25) is 0 Å². The molecule has 35 heavy (non-hydrogen) atoms. The first kappa shape index (κ1) is 23.1. The van der Waals surface area contributed by atoms with Crippen LogP contribution in [0.5, 0.6) is 0 Å². The zero-order valence-corrected chi connectivity index (χ0v) is 20.5. The Balaban J connectivity index is 1.59. The number of aromatic nitrogens is 4. The fourth-order valence-electron chi connectivity index (χ4n) is 4.89. The second-order valence-corrected chi connectivity index (χ2v) is 10.0. The first-order valence-electron chi connectivity index (χ1n) is 12.0. The molecule has 3 aromatic rings. The molecule has 0 aliphatic carbocycles. The number of hydrogen-bond donors (Lipinski definition) is 1. The van der Waals surface area contributed by atoms with Gasteiger partial charge < -0.3 is 19.8 Å². The van der Waals surface area contributed by atoms with Crippen LogP contribution in [-0.2, 0) is 4.79 Å². The van der Waals surface area contributed by atoms with Crippen molar-refractivity contribution in [2.24, 2.45) is 0 Å². The molecule has 0 bridgehead atoms. The van der Waals surface area contributed by atoms with Gasteiger partial charge in [0.15, 0.2) is 5.65 Å². The zero-order valence-electron chi connectivity index (χ0n) is 20.5. The molecule has 0 unspecified atom stereocenters. The van der Waals surface area contributed by atoms with Crippen molar-refractivity contribution >= 4 is 28.4 Å². The summed E-state index contributed by atoms with van der Waals surface area (Å²) in [6, 6.07) is 5.51. The largest absolute Gasteiger partial charge is 0.381 e. The number of amides is 1. The maximum Gasteiger partial charge on any atom is 0.254 e. The molecule has 0 radical (unpaired) electrons. The topological polar surface area (TPSA) is 114 Å². The maximum absolute atomic E-state index is 12.8. The molecule has 1 N–H and O–H groups in total. The third-order valence-corrected chi connectivity index (χ3v) is 6.90. The van der Waals surface area contributed by atoms with Crippen molar-refractivity contribution in [2.75, 3.05) is 36.0 Å². The van der Waals surface area contributed by atoms with Gasteiger partial charge in [-0.2, -0.15) is 5.26 Å². The van der Waals surface area contributed by atoms with Gasteiger partial charge in [-0.05, 0) is 46.2 Å². The van der Waals surface area contributed by atoms with Crippen LogP contribution in [0.15, 0.2) is 30.9 Å². The van der Waals surface area contributed by atoms with E-state index in [2.05, 4.69) is 32.8 Å². The zero-order chi connectivity index (χ0) is 24.9. The summed E-state index contributed by atoms with van der Waals surface area (Å²) in [6.07, 6.45) is 6.36. The number of aliphatic hydroxyl groups is 1. The summed E-state index contributed by atoms with van der Waals surface area (Å²) in [7, 11) is 0. The van der Waals surface area contributed by atoms with Gasteiger partial charge >= 0.3 is 0 Å². The molecule has 0 saturated carbocycles. The molecule has 5 rings (SSSR count). The molecule has 5 heterocycles. The van der Waals surface area contributed by atoms with E-state index in [1.807, 2.05) is 17.7 Å². The van der Waals surface area contributed by atoms with Crippen molar-refractivity contribution in [1.29, 1.82) is 5.26 Å². The van der Waals surface area contributed by atoms with Gasteiger partial charge in [0, 0.05) is 50.7 Å². The highest BCUT2D eigenvalue weighted by Gasteiger charge is 2.39. The number of piperazine rings is 1. The fraction of sp³-hybridized carbons (Fsp3) is 0.480. The quantitative estimate of drug-likeness (QED) is 0.611. The number of rotatable bonds is 4. The highest BCUT2D eigenvalue weighted by atomic mass is 16.3. The minimum absolute atomic E-state index is 0.0109. The van der Waals surface area contributed by atoms with Gasteiger partial charge in [0.1, 0.15) is 23.6 Å². The van der Waals surface area contributed by atoms with Crippen LogP contribution in [0.4, 0.5) is 11.5 Å². The molecule has 2 saturated heterocycles. The minimum Gasteiger partial charge on any atom is -0.381 e. The summed E-state index contributed by atoms with van der Waals surface area (Å²) >= 11 is 0. The lowest BCUT2D eigenvalue weighted by Gasteiger charge is -2.46. The Bertz CT molecular complexity index is 1320. The average molecular weight is 475 g/mol. The minimum atomic E-state index is -1.41. The molecule has 0 spiro atoms. The van der Waals surface area contributed by atoms with E-state index in [0.29, 0.717) is 24.5 Å². The van der Waals surface area contributed by atoms with Crippen LogP contribution in [-0.4, -0.2) is 79.3 Å². The molecule has 1 amide bonds. The molecule has 0 aromatic carbocycles. The van der Waals surface area contributed by atoms with Gasteiger partial charge in [0.05, 0.1) is 22.7 Å². The Kier molecular flexibility index (Phi) is 5.60. The standard InChI is InChI=1S/C25H30N8O2/c1-16-13-32(24(34)25(3,4)35)17(2)12-31(16)22-21-19(30-8-5-9-30)14-33(23(21)29-15-28-22)20-10-18(11-26)6-7-27-20/h6-7,10,14-17,35H,5,8-9,12-13H2,1-4H3/t16-,17+/m1/s1. The number of fused-ring (bicyclic) bond motifs is 1. The van der Waals surface area contributed by atoms with Gasteiger partial charge in [-0.15, -0.1) is 0 Å². The van der Waals surface area contributed by atoms with Crippen molar-refractivity contribution in [3.8, 4) is 11.9 Å². The van der Waals surface area contributed by atoms with Crippen molar-refractivity contribution in [2.45, 2.75) is 51.8 Å². The van der Waals surface area contributed by atoms with E-state index in [1.54, 1.807) is 29.6 Å². The van der Waals surface area contributed by atoms with Crippen molar-refractivity contribution < 1.29 is 9.90 Å². The van der Waals surface area contributed by atoms with E-state index in [0.717, 1.165) is 42.0 Å². The highest BCUT2D eigenvalue weighted by molar-refractivity contribution is 6.01. The van der Waals surface area contributed by atoms with Crippen LogP contribution in [0.3, 0.4) is 0 Å². The normalized spacial score (nSPS) is 20.6. The lowest BCUT2D eigenvalue weighted by Crippen LogP contribution is -2.61. The van der Waals surface area contributed by atoms with E-state index in [1.165, 1.54) is 13.8 Å². The third kappa shape index (κ3) is 3.96. The van der Waals surface area contributed by atoms with E-state index in [-0.39, 0.29) is 18.0 Å². The molecule has 10 nitrogen and oxygen atoms in total. The maximum atomic E-state index is 12.8. The predicted octanol–water partition coefficient (Wildman–Crippen LogP) is 2.09. The summed E-state index contributed by atoms with van der Waals surface area (Å²) in [5.74, 6) is 1.19. The Morgan fingerprint density at radius 2 is 1.94 bits per heavy atom. The first-order chi connectivity index (χ1) is 16.7. The van der Waals surface area contributed by atoms with Gasteiger partial charge in [-0.25, -0.2) is 15.0 Å². The van der Waals surface area contributed by atoms with Crippen molar-refractivity contribution in [1.82, 2.24) is 24.4 Å². The lowest BCUT2D eigenvalue weighted by molar-refractivity contribution is -0.151. The van der Waals surface area contributed by atoms with E-state index in [4.69, 9.17) is 4.98 Å². The van der Waals surface area contributed by atoms with Crippen molar-refractivity contribution in [3.05, 3.63) is 36.4 Å². The number of nitrogens with zero attached hydrogens (tertiary/aromatic N) is 8. The number of carbonyl (C=O) groups excluding carboxylic acids is 1. The predicted molar refractivity (Wildman–Crippen MR) is 132 cm³/mol. The van der Waals surface area contributed by atoms with Crippen LogP contribution in [0.25, 0.3) is 16.9 Å². The molecular weight excluding hydrogens is 444 g/mol. The highest BCUT2D eigenvalue weighted by Crippen LogP contribution is 2.39. The summed E-state index contributed by atoms with van der Waals surface area (Å²) < 4.78 is 1.93. The molecule has 182 valence electrons. The fourth-order valence-corrected chi connectivity index (χ4v) is 4.89. The van der Waals surface area contributed by atoms with Crippen molar-refractivity contribution in [3.63, 3.8) is 0 Å². The summed E-state index contributed by atoms with van der Waals surface area (Å²) in [6.45, 7) is 10.1. The summed E-state index contributed by atoms with van der Waals surface area (Å²) in [5.41, 5.74) is 0.896. The molecule has 10 heteroatoms. The van der Waals surface area contributed by atoms with Gasteiger partial charge in [-0.1, -0.05) is 0 Å². The summed E-state index contributed by atoms with van der Waals surface area (Å²) in [5, 5.41) is 20.6. The average Bonchev–Trinajstić information content (AvgIpc) is 3.17. The van der Waals surface area contributed by atoms with E-state index < -0.39 is 5.60 Å². The number of hydrogen-bond acceptors (Lipinski definition) is 8.